The van der Waals surface area contributed by atoms with Crippen molar-refractivity contribution in [2.45, 2.75) is 26.4 Å². The number of hydrogen-bond acceptors (Lipinski definition) is 4. The van der Waals surface area contributed by atoms with Crippen molar-refractivity contribution in [1.82, 2.24) is 9.88 Å². The first-order valence-corrected chi connectivity index (χ1v) is 7.41. The molecule has 1 aromatic carbocycles. The van der Waals surface area contributed by atoms with E-state index in [9.17, 15) is 9.90 Å². The second-order valence-electron chi connectivity index (χ2n) is 4.83. The van der Waals surface area contributed by atoms with Crippen molar-refractivity contribution < 1.29 is 9.90 Å². The Labute approximate surface area is 122 Å². The predicted molar refractivity (Wildman–Crippen MR) is 82.3 cm³/mol. The van der Waals surface area contributed by atoms with Gasteiger partial charge in [0.05, 0.1) is 16.3 Å². The van der Waals surface area contributed by atoms with Gasteiger partial charge < -0.3 is 10.0 Å². The van der Waals surface area contributed by atoms with Gasteiger partial charge in [0.25, 0.3) is 0 Å². The molecular formula is C14H19N3O2S. The van der Waals surface area contributed by atoms with Crippen molar-refractivity contribution in [3.63, 3.8) is 0 Å². The van der Waals surface area contributed by atoms with Gasteiger partial charge in [0.15, 0.2) is 5.13 Å². The average Bonchev–Trinajstić information content (AvgIpc) is 2.78. The Kier molecular flexibility index (Phi) is 4.57. The summed E-state index contributed by atoms with van der Waals surface area (Å²) in [6.07, 6.45) is 0.431. The highest BCUT2D eigenvalue weighted by Gasteiger charge is 2.13. The van der Waals surface area contributed by atoms with Crippen molar-refractivity contribution in [3.8, 4) is 0 Å². The van der Waals surface area contributed by atoms with E-state index in [2.05, 4.69) is 23.3 Å². The minimum Gasteiger partial charge on any atom is -0.392 e. The first kappa shape index (κ1) is 14.7. The maximum absolute atomic E-state index is 11.9. The predicted octanol–water partition coefficient (Wildman–Crippen LogP) is 2.70. The average molecular weight is 293 g/mol. The van der Waals surface area contributed by atoms with Crippen molar-refractivity contribution in [2.75, 3.05) is 18.9 Å². The number of aromatic nitrogens is 1. The highest BCUT2D eigenvalue weighted by atomic mass is 32.1. The van der Waals surface area contributed by atoms with Gasteiger partial charge in [-0.1, -0.05) is 24.3 Å². The molecule has 0 saturated carbocycles. The molecule has 1 atom stereocenters. The summed E-state index contributed by atoms with van der Waals surface area (Å²) in [7, 11) is 1.64. The number of benzene rings is 1. The van der Waals surface area contributed by atoms with Crippen LogP contribution in [0.25, 0.3) is 10.2 Å². The molecule has 108 valence electrons. The van der Waals surface area contributed by atoms with Gasteiger partial charge in [-0.3, -0.25) is 5.32 Å². The number of carbonyl (C=O) groups excluding carboxylic acids is 1. The molecule has 6 heteroatoms. The van der Waals surface area contributed by atoms with E-state index in [4.69, 9.17) is 0 Å². The number of aliphatic hydroxyl groups excluding tert-OH is 1. The summed E-state index contributed by atoms with van der Waals surface area (Å²) >= 11 is 1.46. The fourth-order valence-corrected chi connectivity index (χ4v) is 2.83. The number of likely N-dealkylation sites (N-methyl/N-ethyl adjacent to an activating group) is 1. The summed E-state index contributed by atoms with van der Waals surface area (Å²) < 4.78 is 1.07. The van der Waals surface area contributed by atoms with Gasteiger partial charge in [0.1, 0.15) is 0 Å². The van der Waals surface area contributed by atoms with E-state index in [-0.39, 0.29) is 12.6 Å². The van der Waals surface area contributed by atoms with Gasteiger partial charge >= 0.3 is 6.03 Å². The molecule has 2 N–H and O–H groups in total. The Morgan fingerprint density at radius 1 is 1.55 bits per heavy atom. The summed E-state index contributed by atoms with van der Waals surface area (Å²) in [6, 6.07) is 5.86. The Balaban J connectivity index is 2.11. The fraction of sp³-hybridized carbons (Fsp3) is 0.429. The zero-order valence-corrected chi connectivity index (χ0v) is 12.7. The number of urea groups is 1. The smallest absolute Gasteiger partial charge is 0.323 e. The molecule has 0 fully saturated rings. The molecule has 2 rings (SSSR count). The molecule has 0 aliphatic carbocycles. The molecule has 2 amide bonds. The minimum absolute atomic E-state index is 0.263. The highest BCUT2D eigenvalue weighted by molar-refractivity contribution is 7.22. The van der Waals surface area contributed by atoms with Crippen LogP contribution in [0.3, 0.4) is 0 Å². The third-order valence-corrected chi connectivity index (χ3v) is 3.89. The van der Waals surface area contributed by atoms with Crippen molar-refractivity contribution >= 4 is 32.7 Å². The Bertz CT molecular complexity index is 609. The van der Waals surface area contributed by atoms with Crippen LogP contribution in [0, 0.1) is 0 Å². The SMILES string of the molecule is CCc1ccc2nc(NC(=O)N(C)C[C@@H](C)O)sc2c1. The molecule has 0 bridgehead atoms. The van der Waals surface area contributed by atoms with E-state index in [1.165, 1.54) is 21.8 Å². The number of hydrogen-bond donors (Lipinski definition) is 2. The third kappa shape index (κ3) is 3.46. The Hall–Kier alpha value is -1.66. The largest absolute Gasteiger partial charge is 0.392 e. The van der Waals surface area contributed by atoms with Crippen LogP contribution in [0.15, 0.2) is 18.2 Å². The first-order chi connectivity index (χ1) is 9.49. The van der Waals surface area contributed by atoms with Crippen LogP contribution in [0.1, 0.15) is 19.4 Å². The second kappa shape index (κ2) is 6.19. The van der Waals surface area contributed by atoms with Crippen LogP contribution in [0.4, 0.5) is 9.93 Å². The molecule has 5 nitrogen and oxygen atoms in total. The number of thiazole rings is 1. The van der Waals surface area contributed by atoms with Crippen molar-refractivity contribution in [1.29, 1.82) is 0 Å². The first-order valence-electron chi connectivity index (χ1n) is 6.59. The zero-order chi connectivity index (χ0) is 14.7. The molecule has 0 aliphatic heterocycles. The van der Waals surface area contributed by atoms with Gasteiger partial charge in [-0.25, -0.2) is 9.78 Å². The van der Waals surface area contributed by atoms with Crippen LogP contribution < -0.4 is 5.32 Å². The number of nitrogens with zero attached hydrogens (tertiary/aromatic N) is 2. The second-order valence-corrected chi connectivity index (χ2v) is 5.86. The molecule has 1 aromatic heterocycles. The van der Waals surface area contributed by atoms with Gasteiger partial charge in [-0.2, -0.15) is 0 Å². The van der Waals surface area contributed by atoms with E-state index < -0.39 is 6.10 Å². The summed E-state index contributed by atoms with van der Waals surface area (Å²) in [4.78, 5) is 17.7. The van der Waals surface area contributed by atoms with Crippen molar-refractivity contribution in [3.05, 3.63) is 23.8 Å². The zero-order valence-electron chi connectivity index (χ0n) is 11.9. The van der Waals surface area contributed by atoms with Gasteiger partial charge in [0, 0.05) is 13.6 Å². The number of nitrogens with one attached hydrogen (secondary N) is 1. The maximum Gasteiger partial charge on any atom is 0.323 e. The van der Waals surface area contributed by atoms with Crippen LogP contribution in [0.2, 0.25) is 0 Å². The summed E-state index contributed by atoms with van der Waals surface area (Å²) in [5.74, 6) is 0. The molecule has 20 heavy (non-hydrogen) atoms. The standard InChI is InChI=1S/C14H19N3O2S/c1-4-10-5-6-11-12(7-10)20-13(15-11)16-14(19)17(3)8-9(2)18/h5-7,9,18H,4,8H2,1-3H3,(H,15,16,19)/t9-/m1/s1. The molecule has 0 radical (unpaired) electrons. The number of anilines is 1. The molecular weight excluding hydrogens is 274 g/mol. The van der Waals surface area contributed by atoms with Crippen LogP contribution in [-0.4, -0.2) is 40.7 Å². The van der Waals surface area contributed by atoms with E-state index >= 15 is 0 Å². The quantitative estimate of drug-likeness (QED) is 0.911. The molecule has 2 aromatic rings. The molecule has 0 spiro atoms. The molecule has 0 unspecified atom stereocenters. The maximum atomic E-state index is 11.9. The van der Waals surface area contributed by atoms with Crippen LogP contribution in [-0.2, 0) is 6.42 Å². The highest BCUT2D eigenvalue weighted by Crippen LogP contribution is 2.27. The number of amides is 2. The van der Waals surface area contributed by atoms with Crippen molar-refractivity contribution in [2.24, 2.45) is 0 Å². The number of aryl methyl sites for hydroxylation is 1. The Morgan fingerprint density at radius 3 is 2.95 bits per heavy atom. The van der Waals surface area contributed by atoms with E-state index in [1.807, 2.05) is 12.1 Å². The van der Waals surface area contributed by atoms with Gasteiger partial charge in [-0.15, -0.1) is 0 Å². The normalized spacial score (nSPS) is 12.4. The topological polar surface area (TPSA) is 65.5 Å². The minimum atomic E-state index is -0.548. The van der Waals surface area contributed by atoms with Gasteiger partial charge in [0.2, 0.25) is 0 Å². The summed E-state index contributed by atoms with van der Waals surface area (Å²) in [6.45, 7) is 4.04. The third-order valence-electron chi connectivity index (χ3n) is 2.96. The van der Waals surface area contributed by atoms with Crippen LogP contribution in [0.5, 0.6) is 0 Å². The van der Waals surface area contributed by atoms with Gasteiger partial charge in [-0.05, 0) is 31.0 Å². The number of aliphatic hydroxyl groups is 1. The van der Waals surface area contributed by atoms with E-state index in [0.29, 0.717) is 5.13 Å². The molecule has 1 heterocycles. The van der Waals surface area contributed by atoms with E-state index in [0.717, 1.165) is 16.6 Å². The fourth-order valence-electron chi connectivity index (χ4n) is 1.91. The number of fused-ring (bicyclic) bond motifs is 1. The van der Waals surface area contributed by atoms with Crippen LogP contribution >= 0.6 is 11.3 Å². The molecule has 0 aliphatic rings. The molecule has 0 saturated heterocycles. The Morgan fingerprint density at radius 2 is 2.30 bits per heavy atom. The lowest BCUT2D eigenvalue weighted by atomic mass is 10.2. The summed E-state index contributed by atoms with van der Waals surface area (Å²) in [5.41, 5.74) is 2.14. The van der Waals surface area contributed by atoms with E-state index in [1.54, 1.807) is 14.0 Å². The summed E-state index contributed by atoms with van der Waals surface area (Å²) in [5, 5.41) is 12.6. The number of rotatable bonds is 4. The number of carbonyl (C=O) groups is 1. The lowest BCUT2D eigenvalue weighted by Gasteiger charge is -2.18. The lowest BCUT2D eigenvalue weighted by Crippen LogP contribution is -2.36. The monoisotopic (exact) mass is 293 g/mol. The lowest BCUT2D eigenvalue weighted by molar-refractivity contribution is 0.149.